The van der Waals surface area contributed by atoms with Crippen LogP contribution in [-0.2, 0) is 14.8 Å². The fourth-order valence-electron chi connectivity index (χ4n) is 2.46. The van der Waals surface area contributed by atoms with Gasteiger partial charge in [0.15, 0.2) is 5.76 Å². The molecule has 0 bridgehead atoms. The highest BCUT2D eigenvalue weighted by atomic mass is 32.2. The number of carbonyl (C=O) groups excluding carboxylic acids is 1. The molecule has 0 saturated carbocycles. The molecule has 2 atom stereocenters. The van der Waals surface area contributed by atoms with Crippen LogP contribution in [0.3, 0.4) is 0 Å². The second-order valence-electron chi connectivity index (χ2n) is 5.33. The molecule has 0 aromatic carbocycles. The SMILES string of the molecule is Cc1noc(C)c1S(=O)(=O)NC(C)C(=O)N1CC[C@@H](N)C1. The number of hydrogen-bond acceptors (Lipinski definition) is 6. The highest BCUT2D eigenvalue weighted by Crippen LogP contribution is 2.19. The summed E-state index contributed by atoms with van der Waals surface area (Å²) in [4.78, 5) is 13.8. The Balaban J connectivity index is 2.12. The Morgan fingerprint density at radius 3 is 2.67 bits per heavy atom. The molecule has 1 aromatic rings. The first-order valence-corrected chi connectivity index (χ1v) is 8.20. The monoisotopic (exact) mass is 316 g/mol. The second-order valence-corrected chi connectivity index (χ2v) is 6.98. The van der Waals surface area contributed by atoms with E-state index in [0.29, 0.717) is 13.1 Å². The summed E-state index contributed by atoms with van der Waals surface area (Å²) in [5.74, 6) is -0.0823. The first-order chi connectivity index (χ1) is 9.72. The molecule has 118 valence electrons. The third-order valence-corrected chi connectivity index (χ3v) is 5.26. The van der Waals surface area contributed by atoms with Crippen molar-refractivity contribution in [3.63, 3.8) is 0 Å². The molecule has 1 fully saturated rings. The lowest BCUT2D eigenvalue weighted by Crippen LogP contribution is -2.46. The smallest absolute Gasteiger partial charge is 0.246 e. The van der Waals surface area contributed by atoms with E-state index in [9.17, 15) is 13.2 Å². The number of rotatable bonds is 4. The molecule has 2 heterocycles. The molecule has 0 radical (unpaired) electrons. The average Bonchev–Trinajstić information content (AvgIpc) is 2.94. The number of nitrogens with one attached hydrogen (secondary N) is 1. The Labute approximate surface area is 123 Å². The van der Waals surface area contributed by atoms with E-state index < -0.39 is 16.1 Å². The minimum absolute atomic E-state index is 0.0136. The van der Waals surface area contributed by atoms with Gasteiger partial charge >= 0.3 is 0 Å². The lowest BCUT2D eigenvalue weighted by molar-refractivity contribution is -0.131. The third-order valence-electron chi connectivity index (χ3n) is 3.48. The van der Waals surface area contributed by atoms with Gasteiger partial charge in [0.05, 0.1) is 6.04 Å². The fourth-order valence-corrected chi connectivity index (χ4v) is 3.99. The molecule has 0 spiro atoms. The molecule has 1 amide bonds. The van der Waals surface area contributed by atoms with E-state index in [4.69, 9.17) is 10.3 Å². The molecule has 1 aliphatic rings. The van der Waals surface area contributed by atoms with Crippen LogP contribution in [0.1, 0.15) is 24.8 Å². The minimum atomic E-state index is -3.85. The van der Waals surface area contributed by atoms with Gasteiger partial charge in [-0.1, -0.05) is 5.16 Å². The van der Waals surface area contributed by atoms with Gasteiger partial charge in [-0.2, -0.15) is 4.72 Å². The first-order valence-electron chi connectivity index (χ1n) is 6.72. The maximum absolute atomic E-state index is 12.3. The van der Waals surface area contributed by atoms with Gasteiger partial charge in [0.1, 0.15) is 10.6 Å². The van der Waals surface area contributed by atoms with Crippen molar-refractivity contribution in [2.45, 2.75) is 44.2 Å². The summed E-state index contributed by atoms with van der Waals surface area (Å²) in [6.07, 6.45) is 0.731. The van der Waals surface area contributed by atoms with Crippen LogP contribution in [0, 0.1) is 13.8 Å². The van der Waals surface area contributed by atoms with Crippen molar-refractivity contribution in [3.8, 4) is 0 Å². The molecule has 21 heavy (non-hydrogen) atoms. The molecule has 1 unspecified atom stereocenters. The Hall–Kier alpha value is -1.45. The van der Waals surface area contributed by atoms with E-state index in [-0.39, 0.29) is 28.3 Å². The van der Waals surface area contributed by atoms with E-state index in [2.05, 4.69) is 9.88 Å². The number of carbonyl (C=O) groups is 1. The van der Waals surface area contributed by atoms with Crippen LogP contribution in [0.2, 0.25) is 0 Å². The van der Waals surface area contributed by atoms with Crippen LogP contribution < -0.4 is 10.5 Å². The molecule has 1 aromatic heterocycles. The van der Waals surface area contributed by atoms with Gasteiger partial charge in [-0.3, -0.25) is 4.79 Å². The van der Waals surface area contributed by atoms with Crippen LogP contribution in [0.5, 0.6) is 0 Å². The topological polar surface area (TPSA) is 119 Å². The predicted molar refractivity (Wildman–Crippen MR) is 74.9 cm³/mol. The molecule has 8 nitrogen and oxygen atoms in total. The van der Waals surface area contributed by atoms with Gasteiger partial charge < -0.3 is 15.2 Å². The summed E-state index contributed by atoms with van der Waals surface area (Å²) in [5.41, 5.74) is 6.02. The predicted octanol–water partition coefficient (Wildman–Crippen LogP) is -0.482. The highest BCUT2D eigenvalue weighted by Gasteiger charge is 2.32. The zero-order valence-electron chi connectivity index (χ0n) is 12.3. The summed E-state index contributed by atoms with van der Waals surface area (Å²) in [5, 5.41) is 3.62. The van der Waals surface area contributed by atoms with Gasteiger partial charge in [-0.25, -0.2) is 8.42 Å². The zero-order chi connectivity index (χ0) is 15.8. The normalized spacial score (nSPS) is 20.8. The van der Waals surface area contributed by atoms with Crippen LogP contribution in [0.25, 0.3) is 0 Å². The van der Waals surface area contributed by atoms with E-state index in [1.54, 1.807) is 4.90 Å². The quantitative estimate of drug-likeness (QED) is 0.774. The summed E-state index contributed by atoms with van der Waals surface area (Å²) < 4.78 is 31.9. The maximum atomic E-state index is 12.3. The Morgan fingerprint density at radius 1 is 1.52 bits per heavy atom. The number of aryl methyl sites for hydroxylation is 2. The van der Waals surface area contributed by atoms with Gasteiger partial charge in [-0.15, -0.1) is 0 Å². The number of nitrogens with zero attached hydrogens (tertiary/aromatic N) is 2. The van der Waals surface area contributed by atoms with E-state index in [0.717, 1.165) is 6.42 Å². The van der Waals surface area contributed by atoms with Crippen LogP contribution >= 0.6 is 0 Å². The van der Waals surface area contributed by atoms with Crippen molar-refractivity contribution >= 4 is 15.9 Å². The molecule has 2 rings (SSSR count). The number of amides is 1. The van der Waals surface area contributed by atoms with E-state index in [1.165, 1.54) is 20.8 Å². The third kappa shape index (κ3) is 3.25. The molecule has 1 saturated heterocycles. The Bertz CT molecular complexity index is 620. The number of sulfonamides is 1. The van der Waals surface area contributed by atoms with Crippen molar-refractivity contribution in [2.75, 3.05) is 13.1 Å². The minimum Gasteiger partial charge on any atom is -0.360 e. The lowest BCUT2D eigenvalue weighted by atomic mass is 10.3. The standard InChI is InChI=1S/C12H20N4O4S/c1-7-11(9(3)20-14-7)21(18,19)15-8(2)12(17)16-5-4-10(13)6-16/h8,10,15H,4-6,13H2,1-3H3/t8?,10-/m1/s1. The van der Waals surface area contributed by atoms with Crippen molar-refractivity contribution in [2.24, 2.45) is 5.73 Å². The molecular weight excluding hydrogens is 296 g/mol. The summed E-state index contributed by atoms with van der Waals surface area (Å²) in [7, 11) is -3.85. The van der Waals surface area contributed by atoms with E-state index >= 15 is 0 Å². The highest BCUT2D eigenvalue weighted by molar-refractivity contribution is 7.89. The van der Waals surface area contributed by atoms with Crippen molar-refractivity contribution in [1.29, 1.82) is 0 Å². The summed E-state index contributed by atoms with van der Waals surface area (Å²) in [6.45, 7) is 5.58. The molecule has 1 aliphatic heterocycles. The first kappa shape index (κ1) is 15.9. The van der Waals surface area contributed by atoms with Crippen LogP contribution in [0.4, 0.5) is 0 Å². The Morgan fingerprint density at radius 2 is 2.19 bits per heavy atom. The van der Waals surface area contributed by atoms with Gasteiger partial charge in [0.2, 0.25) is 15.9 Å². The number of nitrogens with two attached hydrogens (primary N) is 1. The Kier molecular flexibility index (Phi) is 4.35. The number of hydrogen-bond donors (Lipinski definition) is 2. The summed E-state index contributed by atoms with van der Waals surface area (Å²) in [6, 6.07) is -0.908. The summed E-state index contributed by atoms with van der Waals surface area (Å²) >= 11 is 0. The molecule has 0 aliphatic carbocycles. The number of aromatic nitrogens is 1. The average molecular weight is 316 g/mol. The van der Waals surface area contributed by atoms with Crippen molar-refractivity contribution in [3.05, 3.63) is 11.5 Å². The zero-order valence-corrected chi connectivity index (χ0v) is 13.1. The lowest BCUT2D eigenvalue weighted by Gasteiger charge is -2.21. The molecular formula is C12H20N4O4S. The van der Waals surface area contributed by atoms with Crippen molar-refractivity contribution < 1.29 is 17.7 Å². The largest absolute Gasteiger partial charge is 0.360 e. The van der Waals surface area contributed by atoms with Gasteiger partial charge in [0.25, 0.3) is 0 Å². The van der Waals surface area contributed by atoms with Crippen molar-refractivity contribution in [1.82, 2.24) is 14.8 Å². The molecule has 3 N–H and O–H groups in total. The fraction of sp³-hybridized carbons (Fsp3) is 0.667. The number of likely N-dealkylation sites (tertiary alicyclic amines) is 1. The molecule has 9 heteroatoms. The van der Waals surface area contributed by atoms with E-state index in [1.807, 2.05) is 0 Å². The second kappa shape index (κ2) is 5.74. The maximum Gasteiger partial charge on any atom is 0.246 e. The van der Waals surface area contributed by atoms with Gasteiger partial charge in [0, 0.05) is 19.1 Å². The van der Waals surface area contributed by atoms with Crippen LogP contribution in [0.15, 0.2) is 9.42 Å². The van der Waals surface area contributed by atoms with Crippen LogP contribution in [-0.4, -0.2) is 49.6 Å². The van der Waals surface area contributed by atoms with Gasteiger partial charge in [-0.05, 0) is 27.2 Å².